The Balaban J connectivity index is 1.62. The van der Waals surface area contributed by atoms with Crippen LogP contribution in [0.3, 0.4) is 0 Å². The highest BCUT2D eigenvalue weighted by molar-refractivity contribution is 6.37. The number of halogens is 2. The van der Waals surface area contributed by atoms with Crippen LogP contribution in [0.1, 0.15) is 24.0 Å². The zero-order valence-corrected chi connectivity index (χ0v) is 16.1. The second-order valence-corrected chi connectivity index (χ2v) is 7.62. The first kappa shape index (κ1) is 18.4. The summed E-state index contributed by atoms with van der Waals surface area (Å²) in [6.45, 7) is 2.19. The van der Waals surface area contributed by atoms with Gasteiger partial charge in [0.25, 0.3) is 5.91 Å². The molecule has 2 aromatic carbocycles. The number of anilines is 1. The number of carbonyl (C=O) groups is 1. The summed E-state index contributed by atoms with van der Waals surface area (Å²) in [5.41, 5.74) is 2.88. The molecule has 27 heavy (non-hydrogen) atoms. The highest BCUT2D eigenvalue weighted by Gasteiger charge is 2.25. The van der Waals surface area contributed by atoms with Gasteiger partial charge in [-0.3, -0.25) is 4.79 Å². The molecule has 1 N–H and O–H groups in total. The standard InChI is InChI=1S/C21H19Cl2NO3/c22-15-2-4-20(27-12-13-5-7-26-8-6-13)14(9-15)10-18-17-3-1-16(23)11-19(17)24-21(18)25/h1-4,9-11,13H,5-8,12H2,(H,24,25). The van der Waals surface area contributed by atoms with Gasteiger partial charge in [-0.1, -0.05) is 29.3 Å². The van der Waals surface area contributed by atoms with Gasteiger partial charge in [0, 0.05) is 40.0 Å². The molecular weight excluding hydrogens is 385 g/mol. The average molecular weight is 404 g/mol. The Hall–Kier alpha value is -2.01. The maximum atomic E-state index is 12.4. The lowest BCUT2D eigenvalue weighted by molar-refractivity contribution is -0.110. The van der Waals surface area contributed by atoms with Gasteiger partial charge in [-0.05, 0) is 55.2 Å². The Kier molecular flexibility index (Phi) is 5.39. The van der Waals surface area contributed by atoms with E-state index in [4.69, 9.17) is 32.7 Å². The number of carbonyl (C=O) groups excluding carboxylic acids is 1. The van der Waals surface area contributed by atoms with E-state index < -0.39 is 0 Å². The molecule has 1 fully saturated rings. The van der Waals surface area contributed by atoms with Crippen molar-refractivity contribution in [3.8, 4) is 5.75 Å². The smallest absolute Gasteiger partial charge is 0.256 e. The van der Waals surface area contributed by atoms with Crippen LogP contribution in [0.2, 0.25) is 10.0 Å². The number of rotatable bonds is 4. The molecule has 0 unspecified atom stereocenters. The molecule has 2 aliphatic rings. The van der Waals surface area contributed by atoms with E-state index in [1.54, 1.807) is 18.2 Å². The summed E-state index contributed by atoms with van der Waals surface area (Å²) in [5.74, 6) is 1.03. The molecule has 140 valence electrons. The largest absolute Gasteiger partial charge is 0.493 e. The fraction of sp³-hybridized carbons (Fsp3) is 0.286. The number of hydrogen-bond acceptors (Lipinski definition) is 3. The van der Waals surface area contributed by atoms with E-state index in [0.717, 1.165) is 37.2 Å². The molecule has 4 nitrogen and oxygen atoms in total. The molecule has 2 heterocycles. The first-order chi connectivity index (χ1) is 13.1. The van der Waals surface area contributed by atoms with Crippen molar-refractivity contribution in [2.45, 2.75) is 12.8 Å². The van der Waals surface area contributed by atoms with Gasteiger partial charge in [-0.25, -0.2) is 0 Å². The summed E-state index contributed by atoms with van der Waals surface area (Å²) in [6, 6.07) is 10.8. The summed E-state index contributed by atoms with van der Waals surface area (Å²) < 4.78 is 11.5. The molecule has 2 aromatic rings. The topological polar surface area (TPSA) is 47.6 Å². The summed E-state index contributed by atoms with van der Waals surface area (Å²) in [5, 5.41) is 4.02. The minimum atomic E-state index is -0.164. The maximum Gasteiger partial charge on any atom is 0.256 e. The van der Waals surface area contributed by atoms with Crippen LogP contribution in [0.15, 0.2) is 36.4 Å². The van der Waals surface area contributed by atoms with E-state index in [-0.39, 0.29) is 5.91 Å². The van der Waals surface area contributed by atoms with Gasteiger partial charge in [0.1, 0.15) is 5.75 Å². The highest BCUT2D eigenvalue weighted by Crippen LogP contribution is 2.36. The summed E-state index contributed by atoms with van der Waals surface area (Å²) >= 11 is 12.2. The van der Waals surface area contributed by atoms with E-state index in [1.807, 2.05) is 24.3 Å². The molecule has 0 bridgehead atoms. The lowest BCUT2D eigenvalue weighted by Crippen LogP contribution is -2.21. The molecule has 6 heteroatoms. The van der Waals surface area contributed by atoms with E-state index >= 15 is 0 Å². The molecule has 4 rings (SSSR count). The second-order valence-electron chi connectivity index (χ2n) is 6.75. The van der Waals surface area contributed by atoms with Crippen LogP contribution >= 0.6 is 23.2 Å². The summed E-state index contributed by atoms with van der Waals surface area (Å²) in [7, 11) is 0. The average Bonchev–Trinajstić information content (AvgIpc) is 2.96. The first-order valence-electron chi connectivity index (χ1n) is 8.93. The van der Waals surface area contributed by atoms with Crippen molar-refractivity contribution < 1.29 is 14.3 Å². The van der Waals surface area contributed by atoms with Crippen molar-refractivity contribution in [2.24, 2.45) is 5.92 Å². The van der Waals surface area contributed by atoms with Crippen LogP contribution < -0.4 is 10.1 Å². The zero-order chi connectivity index (χ0) is 18.8. The van der Waals surface area contributed by atoms with Gasteiger partial charge < -0.3 is 14.8 Å². The van der Waals surface area contributed by atoms with Gasteiger partial charge >= 0.3 is 0 Å². The maximum absolute atomic E-state index is 12.4. The number of amides is 1. The minimum Gasteiger partial charge on any atom is -0.493 e. The third-order valence-corrected chi connectivity index (χ3v) is 5.32. The van der Waals surface area contributed by atoms with Gasteiger partial charge in [0.15, 0.2) is 0 Å². The monoisotopic (exact) mass is 403 g/mol. The first-order valence-corrected chi connectivity index (χ1v) is 9.69. The molecule has 0 atom stereocenters. The molecular formula is C21H19Cl2NO3. The van der Waals surface area contributed by atoms with Crippen LogP contribution in [0.5, 0.6) is 5.75 Å². The lowest BCUT2D eigenvalue weighted by Gasteiger charge is -2.22. The van der Waals surface area contributed by atoms with E-state index in [0.29, 0.717) is 39.6 Å². The Bertz CT molecular complexity index is 904. The lowest BCUT2D eigenvalue weighted by atomic mass is 10.0. The number of nitrogens with one attached hydrogen (secondary N) is 1. The molecule has 0 aromatic heterocycles. The van der Waals surface area contributed by atoms with E-state index in [2.05, 4.69) is 5.32 Å². The molecule has 0 spiro atoms. The van der Waals surface area contributed by atoms with Crippen LogP contribution in [-0.2, 0) is 9.53 Å². The molecule has 1 amide bonds. The van der Waals surface area contributed by atoms with E-state index in [9.17, 15) is 4.79 Å². The molecule has 0 radical (unpaired) electrons. The Morgan fingerprint density at radius 1 is 1.11 bits per heavy atom. The molecule has 0 aliphatic carbocycles. The van der Waals surface area contributed by atoms with Crippen molar-refractivity contribution in [3.05, 3.63) is 57.6 Å². The fourth-order valence-electron chi connectivity index (χ4n) is 3.35. The van der Waals surface area contributed by atoms with Gasteiger partial charge in [-0.15, -0.1) is 0 Å². The molecule has 1 saturated heterocycles. The Morgan fingerprint density at radius 3 is 2.67 bits per heavy atom. The van der Waals surface area contributed by atoms with Gasteiger partial charge in [0.05, 0.1) is 12.3 Å². The second kappa shape index (κ2) is 7.93. The van der Waals surface area contributed by atoms with Gasteiger partial charge in [0.2, 0.25) is 0 Å². The normalized spacial score (nSPS) is 18.4. The summed E-state index contributed by atoms with van der Waals surface area (Å²) in [6.07, 6.45) is 3.82. The Labute approximate surface area is 168 Å². The zero-order valence-electron chi connectivity index (χ0n) is 14.6. The predicted octanol–water partition coefficient (Wildman–Crippen LogP) is 5.29. The van der Waals surface area contributed by atoms with Crippen molar-refractivity contribution in [2.75, 3.05) is 25.1 Å². The van der Waals surface area contributed by atoms with Crippen LogP contribution in [0.25, 0.3) is 11.6 Å². The third-order valence-electron chi connectivity index (χ3n) is 4.85. The minimum absolute atomic E-state index is 0.164. The van der Waals surface area contributed by atoms with Crippen LogP contribution in [0, 0.1) is 5.92 Å². The predicted molar refractivity (Wildman–Crippen MR) is 108 cm³/mol. The number of fused-ring (bicyclic) bond motifs is 1. The van der Waals surface area contributed by atoms with Crippen molar-refractivity contribution >= 4 is 46.4 Å². The summed E-state index contributed by atoms with van der Waals surface area (Å²) in [4.78, 5) is 12.4. The SMILES string of the molecule is O=C1Nc2cc(Cl)ccc2C1=Cc1cc(Cl)ccc1OCC1CCOCC1. The molecule has 2 aliphatic heterocycles. The number of ether oxygens (including phenoxy) is 2. The quantitative estimate of drug-likeness (QED) is 0.705. The van der Waals surface area contributed by atoms with E-state index in [1.165, 1.54) is 0 Å². The van der Waals surface area contributed by atoms with Crippen LogP contribution in [-0.4, -0.2) is 25.7 Å². The van der Waals surface area contributed by atoms with Crippen molar-refractivity contribution in [1.29, 1.82) is 0 Å². The third kappa shape index (κ3) is 4.13. The van der Waals surface area contributed by atoms with Gasteiger partial charge in [-0.2, -0.15) is 0 Å². The fourth-order valence-corrected chi connectivity index (χ4v) is 3.70. The van der Waals surface area contributed by atoms with Crippen LogP contribution in [0.4, 0.5) is 5.69 Å². The van der Waals surface area contributed by atoms with Crippen molar-refractivity contribution in [3.63, 3.8) is 0 Å². The number of hydrogen-bond donors (Lipinski definition) is 1. The number of benzene rings is 2. The Morgan fingerprint density at radius 2 is 1.85 bits per heavy atom. The highest BCUT2D eigenvalue weighted by atomic mass is 35.5. The molecule has 0 saturated carbocycles. The van der Waals surface area contributed by atoms with Crippen molar-refractivity contribution in [1.82, 2.24) is 0 Å².